The maximum Gasteiger partial charge on any atom is 0.290 e. The van der Waals surface area contributed by atoms with E-state index < -0.39 is 6.14 Å². The average molecular weight is 156 g/mol. The first kappa shape index (κ1) is 6.88. The lowest BCUT2D eigenvalue weighted by atomic mass is 16.0. The van der Waals surface area contributed by atoms with Gasteiger partial charge < -0.3 is 4.46 Å². The highest BCUT2D eigenvalue weighted by Crippen LogP contribution is 1.66. The first-order chi connectivity index (χ1) is 2.56. The Morgan fingerprint density at radius 3 is 1.50 bits per heavy atom. The van der Waals surface area contributed by atoms with Crippen molar-refractivity contribution in [3.05, 3.63) is 0 Å². The van der Waals surface area contributed by atoms with Crippen LogP contribution in [0.15, 0.2) is 0 Å². The molecular formula is OSi5. The van der Waals surface area contributed by atoms with Gasteiger partial charge in [0, 0.05) is 29.3 Å². The van der Waals surface area contributed by atoms with Gasteiger partial charge in [-0.1, -0.05) is 0 Å². The zero-order valence-corrected chi connectivity index (χ0v) is 7.91. The topological polar surface area (TPSA) is 17.1 Å². The van der Waals surface area contributed by atoms with Crippen molar-refractivity contribution in [1.29, 1.82) is 0 Å². The molecule has 0 aliphatic heterocycles. The summed E-state index contributed by atoms with van der Waals surface area (Å²) in [6.45, 7) is 0. The normalized spacial score (nSPS) is 11.2. The van der Waals surface area contributed by atoms with Crippen LogP contribution in [0.25, 0.3) is 0 Å². The van der Waals surface area contributed by atoms with Gasteiger partial charge in [0.05, 0.1) is 6.14 Å². The van der Waals surface area contributed by atoms with E-state index in [1.165, 1.54) is 0 Å². The van der Waals surface area contributed by atoms with Gasteiger partial charge in [-0.25, -0.2) is 0 Å². The second-order valence-corrected chi connectivity index (χ2v) is 21.2. The molecule has 0 unspecified atom stereocenters. The fourth-order valence-electron chi connectivity index (χ4n) is 0. The van der Waals surface area contributed by atoms with E-state index in [0.717, 1.165) is 0 Å². The zero-order valence-electron chi connectivity index (χ0n) is 2.91. The second-order valence-electron chi connectivity index (χ2n) is 0.852. The molecule has 0 aromatic carbocycles. The molecule has 0 aromatic heterocycles. The molecule has 6 heteroatoms. The fourth-order valence-corrected chi connectivity index (χ4v) is 0. The molecular weight excluding hydrogens is 156 g/mol. The van der Waals surface area contributed by atoms with Crippen molar-refractivity contribution in [2.45, 2.75) is 0 Å². The molecule has 0 fully saturated rings. The van der Waals surface area contributed by atoms with Crippen LogP contribution in [0.1, 0.15) is 0 Å². The third-order valence-electron chi connectivity index (χ3n) is 0.153. The molecule has 10 radical (unpaired) electrons. The van der Waals surface area contributed by atoms with E-state index in [2.05, 4.69) is 29.3 Å². The third-order valence-corrected chi connectivity index (χ3v) is 4.13. The Morgan fingerprint density at radius 1 is 1.33 bits per heavy atom. The van der Waals surface area contributed by atoms with Crippen molar-refractivity contribution in [1.82, 2.24) is 0 Å². The van der Waals surface area contributed by atoms with Gasteiger partial charge in [0.2, 0.25) is 0 Å². The number of rotatable bonds is 1. The summed E-state index contributed by atoms with van der Waals surface area (Å²) in [5, 5.41) is 0. The summed E-state index contributed by atoms with van der Waals surface area (Å²) in [7, 11) is 9.26. The van der Waals surface area contributed by atoms with Crippen LogP contribution in [0.2, 0.25) is 0 Å². The Balaban J connectivity index is 3.45. The smallest absolute Gasteiger partial charge is 0.290 e. The monoisotopic (exact) mass is 156 g/mol. The van der Waals surface area contributed by atoms with Crippen LogP contribution in [0.3, 0.4) is 0 Å². The molecule has 0 saturated heterocycles. The predicted molar refractivity (Wildman–Crippen MR) is 29.5 cm³/mol. The Kier molecular flexibility index (Phi) is 2.59. The van der Waals surface area contributed by atoms with E-state index in [9.17, 15) is 4.46 Å². The van der Waals surface area contributed by atoms with Gasteiger partial charge in [-0.15, -0.1) is 0 Å². The molecule has 6 heavy (non-hydrogen) atoms. The van der Waals surface area contributed by atoms with Gasteiger partial charge in [-0.05, 0) is 0 Å². The minimum absolute atomic E-state index is 0.303. The molecule has 0 saturated carbocycles. The first-order valence-corrected chi connectivity index (χ1v) is 9.61. The van der Waals surface area contributed by atoms with E-state index in [-0.39, 0.29) is 8.92 Å². The lowest BCUT2D eigenvalue weighted by Gasteiger charge is -1.96. The Labute approximate surface area is 49.2 Å². The van der Waals surface area contributed by atoms with Crippen molar-refractivity contribution in [3.63, 3.8) is 0 Å². The average Bonchev–Trinajstić information content (AvgIpc) is 1.35. The van der Waals surface area contributed by atoms with Crippen LogP contribution in [0.4, 0.5) is 0 Å². The van der Waals surface area contributed by atoms with E-state index in [1.807, 2.05) is 0 Å². The fraction of sp³-hybridized carbons (Fsp3) is 0. The van der Waals surface area contributed by atoms with Gasteiger partial charge in [-0.3, -0.25) is 0 Å². The van der Waals surface area contributed by atoms with Gasteiger partial charge in [0.15, 0.2) is 0 Å². The molecule has 26 valence electrons. The summed E-state index contributed by atoms with van der Waals surface area (Å²) in [6.07, 6.45) is -1.74. The zero-order chi connectivity index (χ0) is 5.21. The molecule has 0 amide bonds. The van der Waals surface area contributed by atoms with Crippen molar-refractivity contribution in [3.8, 4) is 0 Å². The van der Waals surface area contributed by atoms with Crippen LogP contribution in [0.5, 0.6) is 0 Å². The highest BCUT2D eigenvalue weighted by molar-refractivity contribution is 7.76. The molecule has 0 aliphatic rings. The molecule has 0 aromatic rings. The summed E-state index contributed by atoms with van der Waals surface area (Å²) in [4.78, 5) is 0. The molecule has 0 bridgehead atoms. The summed E-state index contributed by atoms with van der Waals surface area (Å²) in [5.74, 6) is 0. The van der Waals surface area contributed by atoms with Crippen molar-refractivity contribution >= 4 is 44.3 Å². The lowest BCUT2D eigenvalue weighted by Crippen LogP contribution is -2.41. The van der Waals surface area contributed by atoms with E-state index >= 15 is 0 Å². The second kappa shape index (κ2) is 2.26. The largest absolute Gasteiger partial charge is 0.390 e. The van der Waals surface area contributed by atoms with Crippen molar-refractivity contribution in [2.75, 3.05) is 0 Å². The highest BCUT2D eigenvalue weighted by atomic mass is 30.1. The highest BCUT2D eigenvalue weighted by Gasteiger charge is 2.12. The SMILES string of the molecule is O=[Si][Si]([Si])([Si])[Si]. The maximum atomic E-state index is 9.90. The van der Waals surface area contributed by atoms with Crippen LogP contribution in [0, 0.1) is 0 Å². The Hall–Kier alpha value is 0.884. The van der Waals surface area contributed by atoms with Crippen LogP contribution in [-0.2, 0) is 4.46 Å². The summed E-state index contributed by atoms with van der Waals surface area (Å²) < 4.78 is 9.90. The summed E-state index contributed by atoms with van der Waals surface area (Å²) in [6, 6.07) is 0. The predicted octanol–water partition coefficient (Wildman–Crippen LogP) is -2.02. The summed E-state index contributed by atoms with van der Waals surface area (Å²) in [5.41, 5.74) is 0. The van der Waals surface area contributed by atoms with Crippen molar-refractivity contribution < 1.29 is 4.46 Å². The van der Waals surface area contributed by atoms with Crippen molar-refractivity contribution in [2.24, 2.45) is 0 Å². The minimum atomic E-state index is -1.74. The minimum Gasteiger partial charge on any atom is -0.390 e. The standard InChI is InChI=1S/OSi5/c1-5-6(2,3)4. The quantitative estimate of drug-likeness (QED) is 0.401. The van der Waals surface area contributed by atoms with Gasteiger partial charge in [0.25, 0.3) is 8.92 Å². The molecule has 0 spiro atoms. The van der Waals surface area contributed by atoms with E-state index in [4.69, 9.17) is 0 Å². The number of hydrogen-bond donors (Lipinski definition) is 0. The molecule has 0 aliphatic carbocycles. The van der Waals surface area contributed by atoms with E-state index in [0.29, 0.717) is 0 Å². The first-order valence-electron chi connectivity index (χ1n) is 1.20. The van der Waals surface area contributed by atoms with Crippen LogP contribution >= 0.6 is 0 Å². The Morgan fingerprint density at radius 2 is 1.50 bits per heavy atom. The molecule has 0 N–H and O–H groups in total. The lowest BCUT2D eigenvalue weighted by molar-refractivity contribution is 0.586. The van der Waals surface area contributed by atoms with Crippen LogP contribution in [-0.4, -0.2) is 44.3 Å². The molecule has 0 heterocycles. The van der Waals surface area contributed by atoms with Gasteiger partial charge >= 0.3 is 0 Å². The molecule has 0 atom stereocenters. The van der Waals surface area contributed by atoms with Gasteiger partial charge in [-0.2, -0.15) is 0 Å². The maximum absolute atomic E-state index is 9.90. The Bertz CT molecular complexity index is 49.4. The third kappa shape index (κ3) is 4.88. The van der Waals surface area contributed by atoms with Crippen LogP contribution < -0.4 is 0 Å². The van der Waals surface area contributed by atoms with E-state index in [1.54, 1.807) is 0 Å². The van der Waals surface area contributed by atoms with Gasteiger partial charge in [0.1, 0.15) is 0 Å². The molecule has 0 rings (SSSR count). The molecule has 1 nitrogen and oxygen atoms in total. The number of hydrogen-bond acceptors (Lipinski definition) is 1. The summed E-state index contributed by atoms with van der Waals surface area (Å²) >= 11 is 0.